The van der Waals surface area contributed by atoms with E-state index < -0.39 is 0 Å². The van der Waals surface area contributed by atoms with Gasteiger partial charge >= 0.3 is 6.03 Å². The van der Waals surface area contributed by atoms with Crippen LogP contribution in [0.25, 0.3) is 11.3 Å². The predicted octanol–water partition coefficient (Wildman–Crippen LogP) is 3.40. The second-order valence-electron chi connectivity index (χ2n) is 9.27. The molecule has 37 heavy (non-hydrogen) atoms. The molecule has 0 atom stereocenters. The van der Waals surface area contributed by atoms with E-state index in [0.29, 0.717) is 25.4 Å². The van der Waals surface area contributed by atoms with Crippen molar-refractivity contribution >= 4 is 17.8 Å². The lowest BCUT2D eigenvalue weighted by molar-refractivity contribution is -0.131. The van der Waals surface area contributed by atoms with Crippen molar-refractivity contribution in [1.29, 1.82) is 0 Å². The molecule has 2 aromatic heterocycles. The molecule has 1 saturated heterocycles. The van der Waals surface area contributed by atoms with E-state index in [-0.39, 0.29) is 31.1 Å². The number of methoxy groups -OCH3 is 1. The summed E-state index contributed by atoms with van der Waals surface area (Å²) in [6.45, 7) is 6.56. The fourth-order valence-electron chi connectivity index (χ4n) is 4.20. The standard InChI is InChI=1S/C27H34N6O4/c1-20(2)28-27(35)33(18-23-6-4-17-37-23)19-26(34)32-14-5-13-31(15-16-32)25-12-11-24(29-30-25)21-7-9-22(36-3)10-8-21/h4,6-12,17,20H,5,13-16,18-19H2,1-3H3,(H,28,35). The summed E-state index contributed by atoms with van der Waals surface area (Å²) < 4.78 is 10.6. The zero-order chi connectivity index (χ0) is 26.2. The Hall–Kier alpha value is -4.08. The van der Waals surface area contributed by atoms with Gasteiger partial charge in [-0.2, -0.15) is 0 Å². The summed E-state index contributed by atoms with van der Waals surface area (Å²) in [5.41, 5.74) is 1.75. The zero-order valence-electron chi connectivity index (χ0n) is 21.6. The summed E-state index contributed by atoms with van der Waals surface area (Å²) in [5, 5.41) is 11.7. The number of ether oxygens (including phenoxy) is 1. The van der Waals surface area contributed by atoms with Gasteiger partial charge in [-0.1, -0.05) is 0 Å². The maximum Gasteiger partial charge on any atom is 0.318 e. The van der Waals surface area contributed by atoms with Crippen LogP contribution in [0, 0.1) is 0 Å². The number of nitrogens with one attached hydrogen (secondary N) is 1. The molecule has 0 spiro atoms. The minimum Gasteiger partial charge on any atom is -0.497 e. The number of rotatable bonds is 8. The molecule has 10 nitrogen and oxygen atoms in total. The molecule has 1 aliphatic rings. The van der Waals surface area contributed by atoms with E-state index in [1.54, 1.807) is 25.5 Å². The van der Waals surface area contributed by atoms with Crippen molar-refractivity contribution in [2.75, 3.05) is 44.7 Å². The van der Waals surface area contributed by atoms with Gasteiger partial charge in [-0.3, -0.25) is 4.79 Å². The van der Waals surface area contributed by atoms with Crippen LogP contribution in [0.4, 0.5) is 10.6 Å². The molecule has 1 N–H and O–H groups in total. The van der Waals surface area contributed by atoms with Crippen LogP contribution >= 0.6 is 0 Å². The molecule has 0 radical (unpaired) electrons. The molecule has 0 aliphatic carbocycles. The van der Waals surface area contributed by atoms with Gasteiger partial charge in [0.2, 0.25) is 5.91 Å². The average molecular weight is 507 g/mol. The summed E-state index contributed by atoms with van der Waals surface area (Å²) in [4.78, 5) is 31.4. The van der Waals surface area contributed by atoms with Crippen molar-refractivity contribution in [2.24, 2.45) is 0 Å². The molecule has 0 saturated carbocycles. The number of furan rings is 1. The summed E-state index contributed by atoms with van der Waals surface area (Å²) in [6.07, 6.45) is 2.36. The van der Waals surface area contributed by atoms with Crippen LogP contribution < -0.4 is 15.0 Å². The number of urea groups is 1. The van der Waals surface area contributed by atoms with Crippen molar-refractivity contribution in [3.8, 4) is 17.0 Å². The maximum absolute atomic E-state index is 13.2. The number of amides is 3. The molecule has 1 aromatic carbocycles. The van der Waals surface area contributed by atoms with Crippen LogP contribution in [0.1, 0.15) is 26.0 Å². The molecule has 3 heterocycles. The summed E-state index contributed by atoms with van der Waals surface area (Å²) >= 11 is 0. The number of benzene rings is 1. The highest BCUT2D eigenvalue weighted by Crippen LogP contribution is 2.22. The van der Waals surface area contributed by atoms with Gasteiger partial charge in [0.1, 0.15) is 18.1 Å². The lowest BCUT2D eigenvalue weighted by Crippen LogP contribution is -2.48. The van der Waals surface area contributed by atoms with E-state index in [1.807, 2.05) is 55.1 Å². The van der Waals surface area contributed by atoms with E-state index in [9.17, 15) is 9.59 Å². The average Bonchev–Trinajstić information content (AvgIpc) is 3.29. The molecule has 4 rings (SSSR count). The largest absolute Gasteiger partial charge is 0.497 e. The first-order valence-corrected chi connectivity index (χ1v) is 12.5. The molecule has 10 heteroatoms. The SMILES string of the molecule is COc1ccc(-c2ccc(N3CCCN(C(=O)CN(Cc4ccco4)C(=O)NC(C)C)CC3)nn2)cc1. The maximum atomic E-state index is 13.2. The highest BCUT2D eigenvalue weighted by Gasteiger charge is 2.25. The first-order chi connectivity index (χ1) is 17.9. The van der Waals surface area contributed by atoms with Crippen molar-refractivity contribution in [3.63, 3.8) is 0 Å². The van der Waals surface area contributed by atoms with Crippen LogP contribution in [0.5, 0.6) is 5.75 Å². The number of anilines is 1. The Morgan fingerprint density at radius 1 is 1.05 bits per heavy atom. The number of hydrogen-bond acceptors (Lipinski definition) is 7. The van der Waals surface area contributed by atoms with E-state index in [0.717, 1.165) is 35.8 Å². The van der Waals surface area contributed by atoms with Gasteiger partial charge in [0.15, 0.2) is 5.82 Å². The van der Waals surface area contributed by atoms with Gasteiger partial charge in [-0.15, -0.1) is 10.2 Å². The van der Waals surface area contributed by atoms with E-state index in [1.165, 1.54) is 4.90 Å². The lowest BCUT2D eigenvalue weighted by atomic mass is 10.1. The Bertz CT molecular complexity index is 1150. The van der Waals surface area contributed by atoms with E-state index >= 15 is 0 Å². The molecule has 0 bridgehead atoms. The number of aromatic nitrogens is 2. The Morgan fingerprint density at radius 2 is 1.86 bits per heavy atom. The number of carbonyl (C=O) groups is 2. The third-order valence-electron chi connectivity index (χ3n) is 6.16. The van der Waals surface area contributed by atoms with Gasteiger partial charge in [0, 0.05) is 37.8 Å². The molecule has 1 aliphatic heterocycles. The third kappa shape index (κ3) is 6.99. The van der Waals surface area contributed by atoms with Gasteiger partial charge in [0.25, 0.3) is 0 Å². The van der Waals surface area contributed by atoms with Crippen molar-refractivity contribution in [3.05, 3.63) is 60.6 Å². The summed E-state index contributed by atoms with van der Waals surface area (Å²) in [6, 6.07) is 14.9. The minimum atomic E-state index is -0.288. The molecule has 3 amide bonds. The van der Waals surface area contributed by atoms with Crippen LogP contribution in [0.2, 0.25) is 0 Å². The highest BCUT2D eigenvalue weighted by molar-refractivity contribution is 5.84. The normalized spacial score (nSPS) is 13.8. The molecule has 3 aromatic rings. The second kappa shape index (κ2) is 12.2. The Balaban J connectivity index is 1.36. The van der Waals surface area contributed by atoms with Crippen LogP contribution in [0.3, 0.4) is 0 Å². The molecular weight excluding hydrogens is 472 g/mol. The topological polar surface area (TPSA) is 104 Å². The molecule has 0 unspecified atom stereocenters. The predicted molar refractivity (Wildman–Crippen MR) is 140 cm³/mol. The minimum absolute atomic E-state index is 0.0182. The monoisotopic (exact) mass is 506 g/mol. The van der Waals surface area contributed by atoms with Crippen LogP contribution in [-0.2, 0) is 11.3 Å². The Kier molecular flexibility index (Phi) is 8.60. The van der Waals surface area contributed by atoms with Crippen LogP contribution in [-0.4, -0.2) is 77.8 Å². The fourth-order valence-corrected chi connectivity index (χ4v) is 4.20. The van der Waals surface area contributed by atoms with Gasteiger partial charge in [-0.25, -0.2) is 4.79 Å². The first-order valence-electron chi connectivity index (χ1n) is 12.5. The zero-order valence-corrected chi connectivity index (χ0v) is 21.6. The molecular formula is C27H34N6O4. The summed E-state index contributed by atoms with van der Waals surface area (Å²) in [5.74, 6) is 2.11. The number of hydrogen-bond donors (Lipinski definition) is 1. The number of carbonyl (C=O) groups excluding carboxylic acids is 2. The highest BCUT2D eigenvalue weighted by atomic mass is 16.5. The van der Waals surface area contributed by atoms with Crippen molar-refractivity contribution < 1.29 is 18.7 Å². The summed E-state index contributed by atoms with van der Waals surface area (Å²) in [7, 11) is 1.64. The van der Waals surface area contributed by atoms with E-state index in [2.05, 4.69) is 20.4 Å². The van der Waals surface area contributed by atoms with Gasteiger partial charge in [-0.05, 0) is 68.8 Å². The second-order valence-corrected chi connectivity index (χ2v) is 9.27. The quantitative estimate of drug-likeness (QED) is 0.499. The van der Waals surface area contributed by atoms with Gasteiger partial charge < -0.3 is 29.2 Å². The van der Waals surface area contributed by atoms with Crippen LogP contribution in [0.15, 0.2) is 59.2 Å². The van der Waals surface area contributed by atoms with E-state index in [4.69, 9.17) is 9.15 Å². The Morgan fingerprint density at radius 3 is 2.51 bits per heavy atom. The number of nitrogens with zero attached hydrogens (tertiary/aromatic N) is 5. The van der Waals surface area contributed by atoms with Crippen molar-refractivity contribution in [1.82, 2.24) is 25.3 Å². The third-order valence-corrected chi connectivity index (χ3v) is 6.16. The van der Waals surface area contributed by atoms with Gasteiger partial charge in [0.05, 0.1) is 25.6 Å². The lowest BCUT2D eigenvalue weighted by Gasteiger charge is -2.27. The van der Waals surface area contributed by atoms with Crippen molar-refractivity contribution in [2.45, 2.75) is 32.9 Å². The smallest absolute Gasteiger partial charge is 0.318 e. The molecule has 196 valence electrons. The fraction of sp³-hybridized carbons (Fsp3) is 0.407. The first kappa shape index (κ1) is 26.0. The molecule has 1 fully saturated rings. The Labute approximate surface area is 217 Å².